The van der Waals surface area contributed by atoms with E-state index in [4.69, 9.17) is 0 Å². The molecule has 1 saturated heterocycles. The third-order valence-electron chi connectivity index (χ3n) is 3.17. The van der Waals surface area contributed by atoms with Crippen LogP contribution in [-0.4, -0.2) is 51.4 Å². The standard InChI is InChI=1S/C12H16FN3O3S/c1-14-12(17)10-8-15-6-7-16(10)20(18,19)11-5-3-2-4-9(11)13/h2-5,10,15H,6-8H2,1H3,(H,14,17). The summed E-state index contributed by atoms with van der Waals surface area (Å²) in [5.74, 6) is -1.24. The number of nitrogens with one attached hydrogen (secondary N) is 2. The lowest BCUT2D eigenvalue weighted by Crippen LogP contribution is -2.59. The summed E-state index contributed by atoms with van der Waals surface area (Å²) in [6, 6.07) is 4.28. The van der Waals surface area contributed by atoms with Crippen LogP contribution < -0.4 is 10.6 Å². The lowest BCUT2D eigenvalue weighted by atomic mass is 10.2. The van der Waals surface area contributed by atoms with E-state index in [-0.39, 0.29) is 13.1 Å². The van der Waals surface area contributed by atoms with Crippen molar-refractivity contribution in [2.75, 3.05) is 26.7 Å². The van der Waals surface area contributed by atoms with Crippen molar-refractivity contribution in [3.63, 3.8) is 0 Å². The third-order valence-corrected chi connectivity index (χ3v) is 5.11. The predicted octanol–water partition coefficient (Wildman–Crippen LogP) is -0.466. The fourth-order valence-corrected chi connectivity index (χ4v) is 3.80. The van der Waals surface area contributed by atoms with Crippen molar-refractivity contribution in [1.29, 1.82) is 0 Å². The van der Waals surface area contributed by atoms with Crippen LogP contribution in [0.15, 0.2) is 29.2 Å². The number of benzene rings is 1. The number of rotatable bonds is 3. The van der Waals surface area contributed by atoms with E-state index in [1.54, 1.807) is 0 Å². The first-order chi connectivity index (χ1) is 9.48. The van der Waals surface area contributed by atoms with E-state index in [0.29, 0.717) is 6.54 Å². The number of hydrogen-bond donors (Lipinski definition) is 2. The van der Waals surface area contributed by atoms with Crippen molar-refractivity contribution < 1.29 is 17.6 Å². The summed E-state index contributed by atoms with van der Waals surface area (Å²) in [5.41, 5.74) is 0. The average molecular weight is 301 g/mol. The van der Waals surface area contributed by atoms with E-state index in [1.165, 1.54) is 25.2 Å². The lowest BCUT2D eigenvalue weighted by molar-refractivity contribution is -0.124. The van der Waals surface area contributed by atoms with Crippen LogP contribution >= 0.6 is 0 Å². The molecule has 1 aromatic rings. The van der Waals surface area contributed by atoms with Crippen LogP contribution in [0.1, 0.15) is 0 Å². The number of carbonyl (C=O) groups excluding carboxylic acids is 1. The van der Waals surface area contributed by atoms with E-state index in [1.807, 2.05) is 0 Å². The minimum atomic E-state index is -4.04. The van der Waals surface area contributed by atoms with E-state index < -0.39 is 32.7 Å². The highest BCUT2D eigenvalue weighted by Gasteiger charge is 2.38. The van der Waals surface area contributed by atoms with Crippen molar-refractivity contribution >= 4 is 15.9 Å². The van der Waals surface area contributed by atoms with Gasteiger partial charge in [0.15, 0.2) is 0 Å². The quantitative estimate of drug-likeness (QED) is 0.791. The second kappa shape index (κ2) is 5.86. The van der Waals surface area contributed by atoms with Crippen molar-refractivity contribution in [2.24, 2.45) is 0 Å². The van der Waals surface area contributed by atoms with Crippen LogP contribution in [0.5, 0.6) is 0 Å². The highest BCUT2D eigenvalue weighted by molar-refractivity contribution is 7.89. The fourth-order valence-electron chi connectivity index (χ4n) is 2.14. The number of sulfonamides is 1. The number of nitrogens with zero attached hydrogens (tertiary/aromatic N) is 1. The molecule has 1 aliphatic rings. The first kappa shape index (κ1) is 14.9. The normalized spacial score (nSPS) is 20.6. The molecule has 0 spiro atoms. The Labute approximate surface area is 117 Å². The summed E-state index contributed by atoms with van der Waals surface area (Å²) >= 11 is 0. The Bertz CT molecular complexity index is 606. The topological polar surface area (TPSA) is 78.5 Å². The summed E-state index contributed by atoms with van der Waals surface area (Å²) in [6.45, 7) is 0.739. The molecule has 2 N–H and O–H groups in total. The molecule has 0 bridgehead atoms. The average Bonchev–Trinajstić information content (AvgIpc) is 2.46. The molecular formula is C12H16FN3O3S. The Morgan fingerprint density at radius 3 is 2.80 bits per heavy atom. The van der Waals surface area contributed by atoms with Gasteiger partial charge in [-0.1, -0.05) is 12.1 Å². The van der Waals surface area contributed by atoms with Crippen LogP contribution in [0.4, 0.5) is 4.39 Å². The molecule has 8 heteroatoms. The maximum atomic E-state index is 13.7. The van der Waals surface area contributed by atoms with Gasteiger partial charge in [-0.05, 0) is 12.1 Å². The van der Waals surface area contributed by atoms with Gasteiger partial charge in [-0.3, -0.25) is 4.79 Å². The Balaban J connectivity index is 2.41. The molecule has 1 unspecified atom stereocenters. The number of piperazine rings is 1. The molecule has 110 valence electrons. The zero-order valence-electron chi connectivity index (χ0n) is 11.0. The molecule has 1 fully saturated rings. The van der Waals surface area contributed by atoms with Gasteiger partial charge in [-0.25, -0.2) is 12.8 Å². The molecule has 1 amide bonds. The molecule has 0 aromatic heterocycles. The van der Waals surface area contributed by atoms with Crippen LogP contribution in [0.3, 0.4) is 0 Å². The molecule has 0 saturated carbocycles. The summed E-state index contributed by atoms with van der Waals surface area (Å²) < 4.78 is 39.8. The highest BCUT2D eigenvalue weighted by atomic mass is 32.2. The van der Waals surface area contributed by atoms with Gasteiger partial charge in [-0.2, -0.15) is 4.31 Å². The van der Waals surface area contributed by atoms with Gasteiger partial charge in [0.05, 0.1) is 0 Å². The minimum absolute atomic E-state index is 0.120. The Morgan fingerprint density at radius 1 is 1.45 bits per heavy atom. The summed E-state index contributed by atoms with van der Waals surface area (Å²) in [7, 11) is -2.60. The summed E-state index contributed by atoms with van der Waals surface area (Å²) in [5, 5.41) is 5.38. The number of halogens is 1. The molecule has 2 rings (SSSR count). The molecule has 1 aromatic carbocycles. The van der Waals surface area contributed by atoms with Crippen LogP contribution in [0.2, 0.25) is 0 Å². The highest BCUT2D eigenvalue weighted by Crippen LogP contribution is 2.21. The van der Waals surface area contributed by atoms with Gasteiger partial charge in [0.25, 0.3) is 0 Å². The van der Waals surface area contributed by atoms with Gasteiger partial charge >= 0.3 is 0 Å². The maximum Gasteiger partial charge on any atom is 0.246 e. The van der Waals surface area contributed by atoms with Gasteiger partial charge < -0.3 is 10.6 Å². The van der Waals surface area contributed by atoms with Crippen molar-refractivity contribution in [2.45, 2.75) is 10.9 Å². The zero-order valence-corrected chi connectivity index (χ0v) is 11.8. The van der Waals surface area contributed by atoms with Crippen LogP contribution in [-0.2, 0) is 14.8 Å². The zero-order chi connectivity index (χ0) is 14.8. The first-order valence-corrected chi connectivity index (χ1v) is 7.61. The largest absolute Gasteiger partial charge is 0.358 e. The molecule has 1 heterocycles. The number of hydrogen-bond acceptors (Lipinski definition) is 4. The lowest BCUT2D eigenvalue weighted by Gasteiger charge is -2.33. The number of amides is 1. The van der Waals surface area contributed by atoms with E-state index in [9.17, 15) is 17.6 Å². The van der Waals surface area contributed by atoms with Gasteiger partial charge in [0.2, 0.25) is 15.9 Å². The second-order valence-corrected chi connectivity index (χ2v) is 6.24. The summed E-state index contributed by atoms with van der Waals surface area (Å²) in [4.78, 5) is 11.4. The third kappa shape index (κ3) is 2.67. The van der Waals surface area contributed by atoms with E-state index >= 15 is 0 Å². The smallest absolute Gasteiger partial charge is 0.246 e. The molecule has 1 atom stereocenters. The number of carbonyl (C=O) groups is 1. The number of likely N-dealkylation sites (N-methyl/N-ethyl adjacent to an activating group) is 1. The Morgan fingerprint density at radius 2 is 2.15 bits per heavy atom. The predicted molar refractivity (Wildman–Crippen MR) is 71.0 cm³/mol. The molecule has 0 radical (unpaired) electrons. The van der Waals surface area contributed by atoms with Crippen molar-refractivity contribution in [1.82, 2.24) is 14.9 Å². The monoisotopic (exact) mass is 301 g/mol. The van der Waals surface area contributed by atoms with Crippen LogP contribution in [0, 0.1) is 5.82 Å². The second-order valence-electron chi connectivity index (χ2n) is 4.38. The summed E-state index contributed by atoms with van der Waals surface area (Å²) in [6.07, 6.45) is 0. The molecular weight excluding hydrogens is 285 g/mol. The molecule has 20 heavy (non-hydrogen) atoms. The Kier molecular flexibility index (Phi) is 4.36. The Hall–Kier alpha value is -1.51. The molecule has 1 aliphatic heterocycles. The van der Waals surface area contributed by atoms with Gasteiger partial charge in [-0.15, -0.1) is 0 Å². The first-order valence-electron chi connectivity index (χ1n) is 6.17. The SMILES string of the molecule is CNC(=O)C1CNCCN1S(=O)(=O)c1ccccc1F. The molecule has 0 aliphatic carbocycles. The maximum absolute atomic E-state index is 13.7. The van der Waals surface area contributed by atoms with Crippen molar-refractivity contribution in [3.8, 4) is 0 Å². The van der Waals surface area contributed by atoms with E-state index in [2.05, 4.69) is 10.6 Å². The van der Waals surface area contributed by atoms with Gasteiger partial charge in [0.1, 0.15) is 16.8 Å². The minimum Gasteiger partial charge on any atom is -0.358 e. The van der Waals surface area contributed by atoms with Gasteiger partial charge in [0, 0.05) is 26.7 Å². The fraction of sp³-hybridized carbons (Fsp3) is 0.417. The van der Waals surface area contributed by atoms with Crippen molar-refractivity contribution in [3.05, 3.63) is 30.1 Å². The van der Waals surface area contributed by atoms with E-state index in [0.717, 1.165) is 10.4 Å². The molecule has 6 nitrogen and oxygen atoms in total. The van der Waals surface area contributed by atoms with Crippen LogP contribution in [0.25, 0.3) is 0 Å².